The summed E-state index contributed by atoms with van der Waals surface area (Å²) in [4.78, 5) is 12.7. The highest BCUT2D eigenvalue weighted by Gasteiger charge is 2.53. The Labute approximate surface area is 390 Å². The summed E-state index contributed by atoms with van der Waals surface area (Å²) in [6.45, 7) is 1.39. The van der Waals surface area contributed by atoms with E-state index in [-0.39, 0.29) is 18.9 Å². The van der Waals surface area contributed by atoms with Crippen LogP contribution in [0.1, 0.15) is 136 Å². The molecular weight excluding hydrogens is 867 g/mol. The highest BCUT2D eigenvalue weighted by Crippen LogP contribution is 2.33. The third-order valence-electron chi connectivity index (χ3n) is 12.5. The van der Waals surface area contributed by atoms with Crippen molar-refractivity contribution in [2.45, 2.75) is 240 Å². The normalized spacial score (nSPS) is 34.0. The Hall–Kier alpha value is -1.73. The average Bonchev–Trinajstić information content (AvgIpc) is 3.31. The van der Waals surface area contributed by atoms with E-state index < -0.39 is 124 Å². The topological polar surface area (TPSA) is 307 Å². The van der Waals surface area contributed by atoms with Gasteiger partial charge in [0.05, 0.1) is 38.6 Å². The second-order valence-electron chi connectivity index (χ2n) is 17.9. The van der Waals surface area contributed by atoms with Gasteiger partial charge in [0.25, 0.3) is 0 Å². The molecule has 3 rings (SSSR count). The first-order valence-electron chi connectivity index (χ1n) is 24.6. The van der Waals surface area contributed by atoms with Crippen molar-refractivity contribution in [3.63, 3.8) is 0 Å². The molecular formula is C47H85NO18. The van der Waals surface area contributed by atoms with Crippen LogP contribution >= 0.6 is 0 Å². The first-order chi connectivity index (χ1) is 31.8. The predicted molar refractivity (Wildman–Crippen MR) is 240 cm³/mol. The van der Waals surface area contributed by atoms with Crippen LogP contribution in [0.3, 0.4) is 0 Å². The molecule has 0 aliphatic carbocycles. The molecule has 12 N–H and O–H groups in total. The van der Waals surface area contributed by atoms with Crippen LogP contribution in [0.15, 0.2) is 24.3 Å². The molecule has 0 aromatic carbocycles. The number of aliphatic hydroxyl groups excluding tert-OH is 11. The summed E-state index contributed by atoms with van der Waals surface area (Å²) in [6, 6.07) is -0.980. The molecule has 3 aliphatic rings. The average molecular weight is 952 g/mol. The van der Waals surface area contributed by atoms with E-state index >= 15 is 0 Å². The zero-order chi connectivity index (χ0) is 48.4. The van der Waals surface area contributed by atoms with E-state index in [0.29, 0.717) is 12.8 Å². The molecule has 1 amide bonds. The molecule has 3 saturated heterocycles. The van der Waals surface area contributed by atoms with Crippen molar-refractivity contribution < 1.29 is 89.4 Å². The summed E-state index contributed by atoms with van der Waals surface area (Å²) in [6.07, 6.45) is 2.04. The van der Waals surface area contributed by atoms with Gasteiger partial charge in [-0.3, -0.25) is 4.79 Å². The molecule has 3 heterocycles. The Morgan fingerprint density at radius 2 is 0.970 bits per heavy atom. The van der Waals surface area contributed by atoms with Crippen LogP contribution in [0.4, 0.5) is 0 Å². The van der Waals surface area contributed by atoms with Gasteiger partial charge in [-0.2, -0.15) is 0 Å². The Kier molecular flexibility index (Phi) is 29.3. The number of unbranched alkanes of at least 4 members (excludes halogenated alkanes) is 15. The van der Waals surface area contributed by atoms with E-state index in [1.807, 2.05) is 13.0 Å². The van der Waals surface area contributed by atoms with E-state index in [4.69, 9.17) is 28.4 Å². The number of carbonyl (C=O) groups excluding carboxylic acids is 1. The highest BCUT2D eigenvalue weighted by molar-refractivity contribution is 5.76. The maximum atomic E-state index is 12.7. The molecule has 0 aromatic rings. The number of ether oxygens (including phenoxy) is 6. The zero-order valence-corrected chi connectivity index (χ0v) is 39.2. The van der Waals surface area contributed by atoms with Gasteiger partial charge in [-0.15, -0.1) is 0 Å². The lowest BCUT2D eigenvalue weighted by atomic mass is 9.96. The Bertz CT molecular complexity index is 1330. The number of hydrogen-bond donors (Lipinski definition) is 12. The van der Waals surface area contributed by atoms with Crippen molar-refractivity contribution in [1.29, 1.82) is 0 Å². The third kappa shape index (κ3) is 19.2. The fourth-order valence-corrected chi connectivity index (χ4v) is 8.30. The lowest BCUT2D eigenvalue weighted by Crippen LogP contribution is -2.66. The van der Waals surface area contributed by atoms with Crippen LogP contribution in [0.5, 0.6) is 0 Å². The molecule has 17 unspecified atom stereocenters. The van der Waals surface area contributed by atoms with E-state index in [1.165, 1.54) is 77.0 Å². The summed E-state index contributed by atoms with van der Waals surface area (Å²) in [5.41, 5.74) is 0. The van der Waals surface area contributed by atoms with Crippen molar-refractivity contribution in [3.05, 3.63) is 24.3 Å². The molecule has 0 radical (unpaired) electrons. The Morgan fingerprint density at radius 1 is 0.530 bits per heavy atom. The minimum absolute atomic E-state index is 0.210. The van der Waals surface area contributed by atoms with E-state index in [9.17, 15) is 61.0 Å². The van der Waals surface area contributed by atoms with E-state index in [2.05, 4.69) is 24.4 Å². The van der Waals surface area contributed by atoms with Crippen molar-refractivity contribution >= 4 is 5.91 Å². The van der Waals surface area contributed by atoms with Crippen molar-refractivity contribution in [2.24, 2.45) is 0 Å². The van der Waals surface area contributed by atoms with Gasteiger partial charge in [0, 0.05) is 6.42 Å². The van der Waals surface area contributed by atoms with Crippen LogP contribution in [0, 0.1) is 0 Å². The van der Waals surface area contributed by atoms with E-state index in [0.717, 1.165) is 25.7 Å². The number of rotatable bonds is 33. The molecule has 19 heteroatoms. The SMILES string of the molecule is CCCCCCCCCCCCCCC/C=C/CC/C=C/C(O)C(COC1OC(CO)C(OC2OC(CO)C(OC3OC(CO)C(O)C(O)C3O)C(O)C2O)C(O)C1O)NC(=O)CCCC. The summed E-state index contributed by atoms with van der Waals surface area (Å²) in [5, 5.41) is 119. The fourth-order valence-electron chi connectivity index (χ4n) is 8.30. The molecule has 66 heavy (non-hydrogen) atoms. The van der Waals surface area contributed by atoms with Gasteiger partial charge in [-0.1, -0.05) is 122 Å². The first kappa shape index (κ1) is 58.6. The molecule has 19 nitrogen and oxygen atoms in total. The number of carbonyl (C=O) groups is 1. The third-order valence-corrected chi connectivity index (χ3v) is 12.5. The molecule has 17 atom stereocenters. The van der Waals surface area contributed by atoms with Gasteiger partial charge in [-0.05, 0) is 32.1 Å². The van der Waals surface area contributed by atoms with Crippen LogP contribution in [0.25, 0.3) is 0 Å². The molecule has 3 aliphatic heterocycles. The molecule has 3 fully saturated rings. The van der Waals surface area contributed by atoms with Crippen molar-refractivity contribution in [2.75, 3.05) is 26.4 Å². The second kappa shape index (κ2) is 33.0. The van der Waals surface area contributed by atoms with Gasteiger partial charge in [0.1, 0.15) is 73.2 Å². The molecule has 386 valence electrons. The van der Waals surface area contributed by atoms with Gasteiger partial charge in [-0.25, -0.2) is 0 Å². The number of hydrogen-bond acceptors (Lipinski definition) is 18. The lowest BCUT2D eigenvalue weighted by molar-refractivity contribution is -0.379. The predicted octanol–water partition coefficient (Wildman–Crippen LogP) is 0.861. The number of aliphatic hydroxyl groups is 11. The van der Waals surface area contributed by atoms with Crippen LogP contribution in [-0.2, 0) is 33.2 Å². The van der Waals surface area contributed by atoms with Crippen LogP contribution in [0.2, 0.25) is 0 Å². The van der Waals surface area contributed by atoms with E-state index in [1.54, 1.807) is 6.08 Å². The molecule has 0 aromatic heterocycles. The second-order valence-corrected chi connectivity index (χ2v) is 17.9. The first-order valence-corrected chi connectivity index (χ1v) is 24.6. The lowest BCUT2D eigenvalue weighted by Gasteiger charge is -2.48. The largest absolute Gasteiger partial charge is 0.394 e. The quantitative estimate of drug-likeness (QED) is 0.0321. The zero-order valence-electron chi connectivity index (χ0n) is 39.2. The number of amides is 1. The van der Waals surface area contributed by atoms with Crippen LogP contribution in [-0.4, -0.2) is 193 Å². The van der Waals surface area contributed by atoms with Gasteiger partial charge in [0.15, 0.2) is 18.9 Å². The fraction of sp³-hybridized carbons (Fsp3) is 0.894. The highest BCUT2D eigenvalue weighted by atomic mass is 16.8. The minimum atomic E-state index is -1.98. The summed E-state index contributed by atoms with van der Waals surface area (Å²) in [7, 11) is 0. The smallest absolute Gasteiger partial charge is 0.220 e. The Morgan fingerprint density at radius 3 is 1.50 bits per heavy atom. The minimum Gasteiger partial charge on any atom is -0.394 e. The van der Waals surface area contributed by atoms with Gasteiger partial charge < -0.3 is 89.9 Å². The van der Waals surface area contributed by atoms with Crippen molar-refractivity contribution in [1.82, 2.24) is 5.32 Å². The summed E-state index contributed by atoms with van der Waals surface area (Å²) in [5.74, 6) is -0.323. The maximum Gasteiger partial charge on any atom is 0.220 e. The standard InChI is InChI=1S/C47H85NO18/c1-3-5-7-8-9-10-11-12-13-14-15-16-17-18-19-20-21-22-23-24-31(52)30(48-35(53)25-6-4-2)29-61-45-41(59)38(56)43(33(27-50)63-45)66-47-42(60)39(57)44(34(28-51)64-47)65-46-40(58)37(55)36(54)32(26-49)62-46/h19-20,23-24,30-34,36-47,49-52,54-60H,3-18,21-22,25-29H2,1-2H3,(H,48,53)/b20-19+,24-23+. The van der Waals surface area contributed by atoms with Crippen molar-refractivity contribution in [3.8, 4) is 0 Å². The molecule has 0 spiro atoms. The molecule has 0 bridgehead atoms. The Balaban J connectivity index is 1.48. The van der Waals surface area contributed by atoms with Gasteiger partial charge in [0.2, 0.25) is 5.91 Å². The van der Waals surface area contributed by atoms with Crippen LogP contribution < -0.4 is 5.32 Å². The summed E-state index contributed by atoms with van der Waals surface area (Å²) >= 11 is 0. The molecule has 0 saturated carbocycles. The number of nitrogens with one attached hydrogen (secondary N) is 1. The number of allylic oxidation sites excluding steroid dienone is 3. The maximum absolute atomic E-state index is 12.7. The summed E-state index contributed by atoms with van der Waals surface area (Å²) < 4.78 is 33.8. The van der Waals surface area contributed by atoms with Gasteiger partial charge >= 0.3 is 0 Å². The monoisotopic (exact) mass is 952 g/mol.